The predicted octanol–water partition coefficient (Wildman–Crippen LogP) is 2.53. The fourth-order valence-corrected chi connectivity index (χ4v) is 3.43. The van der Waals surface area contributed by atoms with Crippen molar-refractivity contribution in [2.45, 2.75) is 17.6 Å². The maximum atomic E-state index is 14.5. The molecule has 0 saturated carbocycles. The summed E-state index contributed by atoms with van der Waals surface area (Å²) in [6.45, 7) is 2.37. The molecule has 4 heterocycles. The summed E-state index contributed by atoms with van der Waals surface area (Å²) in [4.78, 5) is 15.0. The van der Waals surface area contributed by atoms with Crippen molar-refractivity contribution in [2.75, 3.05) is 37.5 Å². The minimum atomic E-state index is -0.641. The third-order valence-electron chi connectivity index (χ3n) is 3.98. The van der Waals surface area contributed by atoms with E-state index in [9.17, 15) is 4.39 Å². The summed E-state index contributed by atoms with van der Waals surface area (Å²) >= 11 is 7.26. The van der Waals surface area contributed by atoms with Crippen molar-refractivity contribution in [3.63, 3.8) is 0 Å². The fraction of sp³-hybridized carbons (Fsp3) is 0.500. The van der Waals surface area contributed by atoms with Crippen LogP contribution in [0.4, 0.5) is 10.2 Å². The number of pyridine rings is 1. The Bertz CT molecular complexity index is 778. The largest absolute Gasteiger partial charge is 0.475 e. The van der Waals surface area contributed by atoms with Gasteiger partial charge in [-0.3, -0.25) is 0 Å². The molecule has 2 aromatic rings. The summed E-state index contributed by atoms with van der Waals surface area (Å²) in [6.07, 6.45) is 2.72. The molecule has 0 aromatic carbocycles. The van der Waals surface area contributed by atoms with Crippen LogP contribution < -0.4 is 9.64 Å². The average Bonchev–Trinajstić information content (AvgIpc) is 2.87. The van der Waals surface area contributed by atoms with E-state index in [4.69, 9.17) is 21.1 Å². The number of fused-ring (bicyclic) bond motifs is 2. The van der Waals surface area contributed by atoms with E-state index in [0.29, 0.717) is 36.2 Å². The van der Waals surface area contributed by atoms with Crippen LogP contribution in [0, 0.1) is 5.82 Å². The minimum Gasteiger partial charge on any atom is -0.475 e. The van der Waals surface area contributed by atoms with Gasteiger partial charge in [-0.15, -0.1) is 0 Å². The molecule has 0 N–H and O–H groups in total. The van der Waals surface area contributed by atoms with Crippen LogP contribution in [0.2, 0.25) is 5.15 Å². The lowest BCUT2D eigenvalue weighted by atomic mass is 10.2. The van der Waals surface area contributed by atoms with Crippen LogP contribution in [0.25, 0.3) is 10.9 Å². The second-order valence-electron chi connectivity index (χ2n) is 5.37. The molecule has 0 aliphatic carbocycles. The van der Waals surface area contributed by atoms with Crippen molar-refractivity contribution in [3.8, 4) is 5.88 Å². The number of nitrogens with zero attached hydrogens (tertiary/aromatic N) is 4. The zero-order valence-electron chi connectivity index (χ0n) is 12.4. The maximum absolute atomic E-state index is 14.5. The van der Waals surface area contributed by atoms with Gasteiger partial charge in [-0.05, 0) is 12.7 Å². The molecule has 9 heteroatoms. The highest BCUT2D eigenvalue weighted by Crippen LogP contribution is 2.39. The molecule has 2 aliphatic rings. The lowest BCUT2D eigenvalue weighted by Gasteiger charge is -2.28. The zero-order chi connectivity index (χ0) is 16.0. The van der Waals surface area contributed by atoms with Crippen LogP contribution in [0.3, 0.4) is 0 Å². The Morgan fingerprint density at radius 2 is 2.17 bits per heavy atom. The predicted molar refractivity (Wildman–Crippen MR) is 86.1 cm³/mol. The second-order valence-corrected chi connectivity index (χ2v) is 6.50. The Balaban J connectivity index is 2.02. The lowest BCUT2D eigenvalue weighted by Crippen LogP contribution is -2.41. The summed E-state index contributed by atoms with van der Waals surface area (Å²) < 4.78 is 25.9. The van der Waals surface area contributed by atoms with Gasteiger partial charge >= 0.3 is 0 Å². The molecular weight excluding hydrogens is 343 g/mol. The molecular formula is C14H14ClFN4O2S. The average molecular weight is 357 g/mol. The highest BCUT2D eigenvalue weighted by molar-refractivity contribution is 7.98. The van der Waals surface area contributed by atoms with Gasteiger partial charge in [0.1, 0.15) is 23.3 Å². The first-order valence-electron chi connectivity index (χ1n) is 7.27. The van der Waals surface area contributed by atoms with Crippen molar-refractivity contribution in [1.82, 2.24) is 15.0 Å². The molecule has 122 valence electrons. The quantitative estimate of drug-likeness (QED) is 0.442. The van der Waals surface area contributed by atoms with Gasteiger partial charge in [0, 0.05) is 13.2 Å². The lowest BCUT2D eigenvalue weighted by molar-refractivity contribution is 0.119. The second kappa shape index (κ2) is 5.92. The smallest absolute Gasteiger partial charge is 0.228 e. The molecule has 0 amide bonds. The topological polar surface area (TPSA) is 60.4 Å². The number of hydrogen-bond donors (Lipinski definition) is 0. The molecule has 23 heavy (non-hydrogen) atoms. The van der Waals surface area contributed by atoms with Crippen molar-refractivity contribution >= 4 is 40.1 Å². The first-order chi connectivity index (χ1) is 11.2. The zero-order valence-corrected chi connectivity index (χ0v) is 14.0. The highest BCUT2D eigenvalue weighted by atomic mass is 35.5. The molecule has 0 spiro atoms. The summed E-state index contributed by atoms with van der Waals surface area (Å²) in [5.41, 5.74) is 0.153. The van der Waals surface area contributed by atoms with Gasteiger partial charge in [0.15, 0.2) is 16.1 Å². The molecule has 6 nitrogen and oxygen atoms in total. The molecule has 1 fully saturated rings. The standard InChI is InChI=1S/C14H14ClFN4O2S/c1-23-14-17-10-8-12(19-14)20-3-2-4-21-5-7(20)6-22-13(8)18-11(15)9(10)16/h7H,2-6H2,1H3/t7-/m1/s1. The number of thioether (sulfide) groups is 1. The molecule has 1 saturated heterocycles. The molecule has 2 aromatic heterocycles. The number of halogens is 2. The van der Waals surface area contributed by atoms with Crippen LogP contribution in [0.1, 0.15) is 6.42 Å². The number of ether oxygens (including phenoxy) is 2. The number of rotatable bonds is 1. The number of aromatic nitrogens is 3. The third-order valence-corrected chi connectivity index (χ3v) is 4.78. The van der Waals surface area contributed by atoms with E-state index >= 15 is 0 Å². The molecule has 4 rings (SSSR count). The normalized spacial score (nSPS) is 20.7. The van der Waals surface area contributed by atoms with Crippen LogP contribution in [0.15, 0.2) is 5.16 Å². The molecule has 1 atom stereocenters. The highest BCUT2D eigenvalue weighted by Gasteiger charge is 2.32. The summed E-state index contributed by atoms with van der Waals surface area (Å²) in [6, 6.07) is 0.00124. The van der Waals surface area contributed by atoms with Gasteiger partial charge in [-0.25, -0.2) is 14.4 Å². The van der Waals surface area contributed by atoms with E-state index in [-0.39, 0.29) is 22.6 Å². The van der Waals surface area contributed by atoms with E-state index < -0.39 is 5.82 Å². The first kappa shape index (κ1) is 15.2. The van der Waals surface area contributed by atoms with E-state index in [1.54, 1.807) is 0 Å². The van der Waals surface area contributed by atoms with Gasteiger partial charge in [-0.2, -0.15) is 4.98 Å². The van der Waals surface area contributed by atoms with Crippen molar-refractivity contribution in [2.24, 2.45) is 0 Å². The number of hydrogen-bond acceptors (Lipinski definition) is 7. The summed E-state index contributed by atoms with van der Waals surface area (Å²) in [5, 5.41) is 0.733. The van der Waals surface area contributed by atoms with Crippen LogP contribution >= 0.6 is 23.4 Å². The molecule has 0 radical (unpaired) electrons. The molecule has 0 unspecified atom stereocenters. The van der Waals surface area contributed by atoms with Gasteiger partial charge in [0.25, 0.3) is 0 Å². The van der Waals surface area contributed by atoms with Gasteiger partial charge < -0.3 is 14.4 Å². The fourth-order valence-electron chi connectivity index (χ4n) is 2.90. The van der Waals surface area contributed by atoms with Crippen molar-refractivity contribution in [3.05, 3.63) is 11.0 Å². The van der Waals surface area contributed by atoms with Gasteiger partial charge in [0.2, 0.25) is 5.88 Å². The van der Waals surface area contributed by atoms with Crippen LogP contribution in [-0.4, -0.2) is 53.6 Å². The Morgan fingerprint density at radius 3 is 3.00 bits per heavy atom. The van der Waals surface area contributed by atoms with E-state index in [2.05, 4.69) is 19.9 Å². The Labute approximate surface area is 141 Å². The first-order valence-corrected chi connectivity index (χ1v) is 8.87. The van der Waals surface area contributed by atoms with E-state index in [0.717, 1.165) is 13.0 Å². The van der Waals surface area contributed by atoms with E-state index in [1.807, 2.05) is 6.26 Å². The maximum Gasteiger partial charge on any atom is 0.228 e. The van der Waals surface area contributed by atoms with Gasteiger partial charge in [0.05, 0.1) is 12.6 Å². The summed E-state index contributed by atoms with van der Waals surface area (Å²) in [5.74, 6) is 0.282. The monoisotopic (exact) mass is 356 g/mol. The Kier molecular flexibility index (Phi) is 3.90. The van der Waals surface area contributed by atoms with Crippen molar-refractivity contribution < 1.29 is 13.9 Å². The van der Waals surface area contributed by atoms with Crippen LogP contribution in [0.5, 0.6) is 5.88 Å². The minimum absolute atomic E-state index is 0.00124. The van der Waals surface area contributed by atoms with Crippen LogP contribution in [-0.2, 0) is 4.74 Å². The van der Waals surface area contributed by atoms with Crippen molar-refractivity contribution in [1.29, 1.82) is 0 Å². The summed E-state index contributed by atoms with van der Waals surface area (Å²) in [7, 11) is 0. The SMILES string of the molecule is CSc1nc2c3c(nc(Cl)c(F)c3n1)OC[C@H]1COCCCN21. The third kappa shape index (κ3) is 2.49. The van der Waals surface area contributed by atoms with E-state index in [1.165, 1.54) is 11.8 Å². The van der Waals surface area contributed by atoms with Gasteiger partial charge in [-0.1, -0.05) is 23.4 Å². The Hall–Kier alpha value is -1.38. The number of anilines is 1. The Morgan fingerprint density at radius 1 is 1.30 bits per heavy atom. The molecule has 0 bridgehead atoms. The molecule has 2 aliphatic heterocycles.